The second-order valence-corrected chi connectivity index (χ2v) is 14.0. The fourth-order valence-electron chi connectivity index (χ4n) is 10.2. The SMILES string of the molecule is O[C@]12C=C([C@H]3NCCc4c3[nH]c3ccccc43)[C@@H]3CCN(CCCC/C=C\CC1)C[C@@]31C[C@@H]3/C=C\CCCCN3[C@H]12. The molecule has 1 aromatic heterocycles. The zero-order chi connectivity index (χ0) is 27.4. The van der Waals surface area contributed by atoms with Gasteiger partial charge >= 0.3 is 0 Å². The number of benzene rings is 1. The second-order valence-electron chi connectivity index (χ2n) is 14.0. The van der Waals surface area contributed by atoms with E-state index < -0.39 is 5.60 Å². The zero-order valence-electron chi connectivity index (χ0n) is 24.7. The highest BCUT2D eigenvalue weighted by molar-refractivity contribution is 5.85. The normalized spacial score (nSPS) is 41.0. The number of H-pyrrole nitrogens is 1. The van der Waals surface area contributed by atoms with Crippen molar-refractivity contribution < 1.29 is 5.11 Å². The van der Waals surface area contributed by atoms with Gasteiger partial charge in [0.25, 0.3) is 0 Å². The molecule has 3 bridgehead atoms. The van der Waals surface area contributed by atoms with Gasteiger partial charge in [-0.15, -0.1) is 0 Å². The highest BCUT2D eigenvalue weighted by Crippen LogP contribution is 2.61. The van der Waals surface area contributed by atoms with E-state index in [2.05, 4.69) is 74.7 Å². The first-order valence-electron chi connectivity index (χ1n) is 16.7. The molecule has 2 saturated heterocycles. The number of fused-ring (bicyclic) bond motifs is 5. The topological polar surface area (TPSA) is 54.5 Å². The van der Waals surface area contributed by atoms with Gasteiger partial charge in [0, 0.05) is 41.1 Å². The standard InChI is InChI=1S/C36H48N4O/c41-36-18-10-4-1-2-5-11-20-39-22-17-30(35(25-39)23-26-13-7-3-6-12-21-40(26)34(35)36)29(24-36)32-33-28(16-19-37-32)27-14-8-9-15-31(27)38-33/h1,4,7-9,13-15,24,26,30,32,34,37-38,41H,2-3,5-6,10-12,16-23,25H2/b4-1-,13-7-/t26-,30-,32+,34+,35-,36-/m0/s1. The number of hydrogen-bond donors (Lipinski definition) is 3. The lowest BCUT2D eigenvalue weighted by Gasteiger charge is -2.59. The van der Waals surface area contributed by atoms with Crippen LogP contribution in [0.15, 0.2) is 60.2 Å². The number of allylic oxidation sites excluding steroid dienone is 3. The van der Waals surface area contributed by atoms with E-state index in [0.29, 0.717) is 12.0 Å². The van der Waals surface area contributed by atoms with Crippen LogP contribution in [0.1, 0.15) is 81.5 Å². The largest absolute Gasteiger partial charge is 0.384 e. The number of aromatic nitrogens is 1. The minimum Gasteiger partial charge on any atom is -0.384 e. The average Bonchev–Trinajstić information content (AvgIpc) is 3.49. The Kier molecular flexibility index (Phi) is 6.78. The Morgan fingerprint density at radius 2 is 1.78 bits per heavy atom. The molecular formula is C36H48N4O. The minimum absolute atomic E-state index is 0.0690. The van der Waals surface area contributed by atoms with Crippen LogP contribution in [0.5, 0.6) is 0 Å². The summed E-state index contributed by atoms with van der Waals surface area (Å²) in [4.78, 5) is 9.45. The molecule has 6 aliphatic rings. The van der Waals surface area contributed by atoms with Crippen LogP contribution in [0, 0.1) is 11.3 Å². The van der Waals surface area contributed by atoms with E-state index in [1.54, 1.807) is 0 Å². The average molecular weight is 553 g/mol. The van der Waals surface area contributed by atoms with E-state index in [9.17, 15) is 5.11 Å². The third-order valence-corrected chi connectivity index (χ3v) is 11.7. The van der Waals surface area contributed by atoms with Crippen LogP contribution in [0.4, 0.5) is 0 Å². The van der Waals surface area contributed by atoms with Crippen molar-refractivity contribution in [1.29, 1.82) is 0 Å². The molecule has 0 amide bonds. The number of rotatable bonds is 1. The Morgan fingerprint density at radius 3 is 2.73 bits per heavy atom. The number of piperidine rings is 1. The Labute approximate surface area is 245 Å². The summed E-state index contributed by atoms with van der Waals surface area (Å²) in [5.74, 6) is 0.487. The molecule has 5 heteroatoms. The van der Waals surface area contributed by atoms with Crippen molar-refractivity contribution in [3.63, 3.8) is 0 Å². The van der Waals surface area contributed by atoms with Crippen LogP contribution >= 0.6 is 0 Å². The van der Waals surface area contributed by atoms with Gasteiger partial charge in [0.1, 0.15) is 0 Å². The third kappa shape index (κ3) is 4.33. The predicted molar refractivity (Wildman–Crippen MR) is 167 cm³/mol. The first kappa shape index (κ1) is 26.4. The number of nitrogens with one attached hydrogen (secondary N) is 2. The minimum atomic E-state index is -0.833. The Hall–Kier alpha value is -2.18. The molecule has 8 rings (SSSR count). The fourth-order valence-corrected chi connectivity index (χ4v) is 10.2. The molecule has 0 saturated carbocycles. The van der Waals surface area contributed by atoms with Crippen molar-refractivity contribution in [3.05, 3.63) is 71.5 Å². The molecule has 5 nitrogen and oxygen atoms in total. The van der Waals surface area contributed by atoms with Crippen molar-refractivity contribution in [2.45, 2.75) is 94.4 Å². The quantitative estimate of drug-likeness (QED) is 0.378. The number of para-hydroxylation sites is 1. The molecule has 2 aromatic rings. The van der Waals surface area contributed by atoms with Crippen molar-refractivity contribution in [1.82, 2.24) is 20.1 Å². The van der Waals surface area contributed by atoms with E-state index >= 15 is 0 Å². The van der Waals surface area contributed by atoms with E-state index in [0.717, 1.165) is 38.9 Å². The molecule has 1 aliphatic carbocycles. The lowest BCUT2D eigenvalue weighted by atomic mass is 9.54. The number of nitrogens with zero attached hydrogens (tertiary/aromatic N) is 2. The van der Waals surface area contributed by atoms with Crippen LogP contribution in [0.3, 0.4) is 0 Å². The van der Waals surface area contributed by atoms with Crippen LogP contribution in [-0.4, -0.2) is 70.3 Å². The van der Waals surface area contributed by atoms with E-state index in [1.165, 1.54) is 92.2 Å². The van der Waals surface area contributed by atoms with Gasteiger partial charge in [-0.25, -0.2) is 0 Å². The summed E-state index contributed by atoms with van der Waals surface area (Å²) >= 11 is 0. The molecule has 41 heavy (non-hydrogen) atoms. The number of aromatic amines is 1. The van der Waals surface area contributed by atoms with Gasteiger partial charge in [-0.1, -0.05) is 48.6 Å². The fraction of sp³-hybridized carbons (Fsp3) is 0.611. The Morgan fingerprint density at radius 1 is 0.927 bits per heavy atom. The van der Waals surface area contributed by atoms with Crippen molar-refractivity contribution in [2.75, 3.05) is 32.7 Å². The molecule has 218 valence electrons. The van der Waals surface area contributed by atoms with Crippen LogP contribution in [-0.2, 0) is 6.42 Å². The van der Waals surface area contributed by atoms with Gasteiger partial charge in [0.2, 0.25) is 0 Å². The predicted octanol–water partition coefficient (Wildman–Crippen LogP) is 6.04. The monoisotopic (exact) mass is 552 g/mol. The van der Waals surface area contributed by atoms with E-state index in [1.807, 2.05) is 0 Å². The molecular weight excluding hydrogens is 504 g/mol. The summed E-state index contributed by atoms with van der Waals surface area (Å²) in [6.45, 7) is 5.61. The van der Waals surface area contributed by atoms with Crippen molar-refractivity contribution >= 4 is 10.9 Å². The third-order valence-electron chi connectivity index (χ3n) is 11.7. The first-order valence-corrected chi connectivity index (χ1v) is 16.7. The molecule has 2 fully saturated rings. The Balaban J connectivity index is 1.30. The van der Waals surface area contributed by atoms with Gasteiger partial charge in [-0.3, -0.25) is 4.90 Å². The molecule has 7 atom stereocenters. The zero-order valence-corrected chi connectivity index (χ0v) is 24.7. The molecule has 1 aromatic carbocycles. The van der Waals surface area contributed by atoms with Crippen molar-refractivity contribution in [2.24, 2.45) is 11.3 Å². The molecule has 0 radical (unpaired) electrons. The van der Waals surface area contributed by atoms with Gasteiger partial charge in [0.05, 0.1) is 17.7 Å². The van der Waals surface area contributed by atoms with Crippen LogP contribution < -0.4 is 5.32 Å². The summed E-state index contributed by atoms with van der Waals surface area (Å²) in [6.07, 6.45) is 24.8. The molecule has 3 N–H and O–H groups in total. The lowest BCUT2D eigenvalue weighted by Crippen LogP contribution is -2.66. The van der Waals surface area contributed by atoms with Gasteiger partial charge in [-0.05, 0) is 113 Å². The molecule has 6 heterocycles. The highest BCUT2D eigenvalue weighted by atomic mass is 16.3. The summed E-state index contributed by atoms with van der Waals surface area (Å²) in [6, 6.07) is 9.61. The van der Waals surface area contributed by atoms with E-state index in [4.69, 9.17) is 0 Å². The van der Waals surface area contributed by atoms with Crippen molar-refractivity contribution in [3.8, 4) is 0 Å². The number of hydrogen-bond acceptors (Lipinski definition) is 4. The van der Waals surface area contributed by atoms with Gasteiger partial charge in [0.15, 0.2) is 0 Å². The smallest absolute Gasteiger partial charge is 0.0994 e. The van der Waals surface area contributed by atoms with Gasteiger partial charge in [-0.2, -0.15) is 0 Å². The summed E-state index contributed by atoms with van der Waals surface area (Å²) < 4.78 is 0. The maximum atomic E-state index is 13.1. The molecule has 5 aliphatic heterocycles. The second kappa shape index (κ2) is 10.5. The summed E-state index contributed by atoms with van der Waals surface area (Å²) in [7, 11) is 0. The molecule has 1 spiro atoms. The summed E-state index contributed by atoms with van der Waals surface area (Å²) in [5, 5.41) is 18.5. The number of aliphatic hydroxyl groups is 1. The molecule has 1 unspecified atom stereocenters. The van der Waals surface area contributed by atoms with Crippen LogP contribution in [0.2, 0.25) is 0 Å². The highest BCUT2D eigenvalue weighted by Gasteiger charge is 2.66. The van der Waals surface area contributed by atoms with E-state index in [-0.39, 0.29) is 17.5 Å². The first-order chi connectivity index (χ1) is 20.2. The lowest BCUT2D eigenvalue weighted by molar-refractivity contribution is -0.0984. The summed E-state index contributed by atoms with van der Waals surface area (Å²) in [5.41, 5.74) is 4.80. The van der Waals surface area contributed by atoms with Gasteiger partial charge < -0.3 is 20.3 Å². The maximum absolute atomic E-state index is 13.1. The maximum Gasteiger partial charge on any atom is 0.0994 e. The Bertz CT molecular complexity index is 1370. The van der Waals surface area contributed by atoms with Crippen LogP contribution in [0.25, 0.3) is 10.9 Å².